The average Bonchev–Trinajstić information content (AvgIpc) is 3.03. The molecule has 2 N–H and O–H groups in total. The van der Waals surface area contributed by atoms with E-state index in [1.54, 1.807) is 26.8 Å². The van der Waals surface area contributed by atoms with Gasteiger partial charge in [0.2, 0.25) is 5.88 Å². The van der Waals surface area contributed by atoms with E-state index in [0.29, 0.717) is 27.9 Å². The van der Waals surface area contributed by atoms with Gasteiger partial charge in [-0.05, 0) is 48.1 Å². The van der Waals surface area contributed by atoms with E-state index in [1.165, 1.54) is 37.6 Å². The topological polar surface area (TPSA) is 58.1 Å². The van der Waals surface area contributed by atoms with Crippen LogP contribution in [-0.2, 0) is 11.8 Å². The van der Waals surface area contributed by atoms with Gasteiger partial charge in [-0.25, -0.2) is 9.37 Å². The first-order valence-corrected chi connectivity index (χ1v) is 9.42. The van der Waals surface area contributed by atoms with Crippen molar-refractivity contribution in [2.75, 3.05) is 7.11 Å². The number of pyridine rings is 1. The number of aromatic nitrogens is 2. The van der Waals surface area contributed by atoms with Crippen LogP contribution in [0.15, 0.2) is 36.5 Å². The summed E-state index contributed by atoms with van der Waals surface area (Å²) in [6, 6.07) is 7.12. The minimum atomic E-state index is -4.89. The predicted octanol–water partition coefficient (Wildman–Crippen LogP) is 5.22. The molecule has 0 aliphatic rings. The van der Waals surface area contributed by atoms with Crippen molar-refractivity contribution in [2.45, 2.75) is 50.8 Å². The number of methoxy groups -OCH3 is 1. The van der Waals surface area contributed by atoms with E-state index in [1.807, 2.05) is 0 Å². The van der Waals surface area contributed by atoms with Gasteiger partial charge in [-0.2, -0.15) is 13.2 Å². The van der Waals surface area contributed by atoms with Crippen LogP contribution in [0.2, 0.25) is 0 Å². The summed E-state index contributed by atoms with van der Waals surface area (Å²) in [5.74, 6) is -0.207. The summed E-state index contributed by atoms with van der Waals surface area (Å²) in [7, 11) is 1.44. The fourth-order valence-electron chi connectivity index (χ4n) is 4.00. The molecule has 1 atom stereocenters. The standard InChI is InChI=1S/C22H24F4N2O2/c1-13-5-6-15(23)8-17(13)20(2,3)12-21(29,22(24,25)26)10-16-7-14-11-27-19(30-4)9-18(14)28-16/h5-9,11,28-29H,10,12H2,1-4H3. The highest BCUT2D eigenvalue weighted by Crippen LogP contribution is 2.44. The molecule has 0 saturated carbocycles. The number of hydrogen-bond acceptors (Lipinski definition) is 3. The Bertz CT molecular complexity index is 1060. The number of aromatic amines is 1. The minimum absolute atomic E-state index is 0.214. The van der Waals surface area contributed by atoms with Crippen LogP contribution in [0.1, 0.15) is 37.1 Å². The van der Waals surface area contributed by atoms with E-state index in [9.17, 15) is 22.7 Å². The molecule has 8 heteroatoms. The zero-order chi connectivity index (χ0) is 22.3. The molecule has 1 unspecified atom stereocenters. The second kappa shape index (κ2) is 7.58. The number of hydrogen-bond donors (Lipinski definition) is 2. The van der Waals surface area contributed by atoms with Crippen molar-refractivity contribution in [3.63, 3.8) is 0 Å². The molecule has 0 amide bonds. The summed E-state index contributed by atoms with van der Waals surface area (Å²) in [5.41, 5.74) is -2.29. The SMILES string of the molecule is COc1cc2[nH]c(CC(O)(CC(C)(C)c3cc(F)ccc3C)C(F)(F)F)cc2cn1. The molecule has 162 valence electrons. The molecule has 0 saturated heterocycles. The average molecular weight is 424 g/mol. The first-order valence-electron chi connectivity index (χ1n) is 9.42. The highest BCUT2D eigenvalue weighted by molar-refractivity contribution is 5.80. The zero-order valence-corrected chi connectivity index (χ0v) is 17.2. The summed E-state index contributed by atoms with van der Waals surface area (Å²) in [4.78, 5) is 6.94. The number of ether oxygens (including phenoxy) is 1. The van der Waals surface area contributed by atoms with Crippen LogP contribution in [0.4, 0.5) is 17.6 Å². The van der Waals surface area contributed by atoms with Crippen LogP contribution in [0.25, 0.3) is 10.9 Å². The Kier molecular flexibility index (Phi) is 5.58. The largest absolute Gasteiger partial charge is 0.481 e. The van der Waals surface area contributed by atoms with Gasteiger partial charge in [0.25, 0.3) is 0 Å². The Morgan fingerprint density at radius 1 is 1.13 bits per heavy atom. The van der Waals surface area contributed by atoms with E-state index in [0.717, 1.165) is 0 Å². The fourth-order valence-corrected chi connectivity index (χ4v) is 4.00. The molecule has 2 aromatic heterocycles. The molecule has 30 heavy (non-hydrogen) atoms. The van der Waals surface area contributed by atoms with Crippen LogP contribution in [-0.4, -0.2) is 34.0 Å². The number of H-pyrrole nitrogens is 1. The fraction of sp³-hybridized carbons (Fsp3) is 0.409. The quantitative estimate of drug-likeness (QED) is 0.533. The van der Waals surface area contributed by atoms with Gasteiger partial charge >= 0.3 is 6.18 Å². The molecule has 1 aromatic carbocycles. The maximum absolute atomic E-state index is 14.0. The molecular formula is C22H24F4N2O2. The number of halogens is 4. The number of fused-ring (bicyclic) bond motifs is 1. The lowest BCUT2D eigenvalue weighted by molar-refractivity contribution is -0.266. The van der Waals surface area contributed by atoms with E-state index >= 15 is 0 Å². The van der Waals surface area contributed by atoms with Crippen molar-refractivity contribution in [1.29, 1.82) is 0 Å². The Morgan fingerprint density at radius 3 is 2.47 bits per heavy atom. The van der Waals surface area contributed by atoms with Gasteiger partial charge in [-0.1, -0.05) is 19.9 Å². The van der Waals surface area contributed by atoms with Gasteiger partial charge in [0.1, 0.15) is 5.82 Å². The number of benzene rings is 1. The van der Waals surface area contributed by atoms with Gasteiger partial charge in [-0.15, -0.1) is 0 Å². The van der Waals surface area contributed by atoms with Crippen LogP contribution in [0.5, 0.6) is 5.88 Å². The Hall–Kier alpha value is -2.61. The summed E-state index contributed by atoms with van der Waals surface area (Å²) >= 11 is 0. The summed E-state index contributed by atoms with van der Waals surface area (Å²) in [6.45, 7) is 4.86. The van der Waals surface area contributed by atoms with Gasteiger partial charge < -0.3 is 14.8 Å². The van der Waals surface area contributed by atoms with Gasteiger partial charge in [0, 0.05) is 29.8 Å². The molecule has 2 heterocycles. The first kappa shape index (κ1) is 22.1. The zero-order valence-electron chi connectivity index (χ0n) is 17.2. The number of aryl methyl sites for hydroxylation is 1. The lowest BCUT2D eigenvalue weighted by atomic mass is 9.72. The van der Waals surface area contributed by atoms with Crippen molar-refractivity contribution in [3.8, 4) is 5.88 Å². The molecule has 0 aliphatic carbocycles. The minimum Gasteiger partial charge on any atom is -0.481 e. The van der Waals surface area contributed by atoms with E-state index in [-0.39, 0.29) is 5.69 Å². The van der Waals surface area contributed by atoms with Crippen molar-refractivity contribution in [2.24, 2.45) is 0 Å². The molecule has 0 spiro atoms. The Labute approximate surface area is 171 Å². The van der Waals surface area contributed by atoms with E-state index in [2.05, 4.69) is 9.97 Å². The Balaban J connectivity index is 1.97. The number of nitrogens with one attached hydrogen (secondary N) is 1. The van der Waals surface area contributed by atoms with Crippen molar-refractivity contribution in [1.82, 2.24) is 9.97 Å². The number of nitrogens with zero attached hydrogens (tertiary/aromatic N) is 1. The molecule has 4 nitrogen and oxygen atoms in total. The smallest absolute Gasteiger partial charge is 0.417 e. The molecule has 3 rings (SSSR count). The van der Waals surface area contributed by atoms with Crippen molar-refractivity contribution >= 4 is 10.9 Å². The molecule has 0 aliphatic heterocycles. The number of rotatable bonds is 6. The molecule has 3 aromatic rings. The maximum Gasteiger partial charge on any atom is 0.417 e. The summed E-state index contributed by atoms with van der Waals surface area (Å²) in [5, 5.41) is 11.4. The first-order chi connectivity index (χ1) is 13.8. The lowest BCUT2D eigenvalue weighted by Crippen LogP contribution is -2.51. The molecule has 0 radical (unpaired) electrons. The maximum atomic E-state index is 14.0. The second-order valence-electron chi connectivity index (χ2n) is 8.33. The molecule has 0 bridgehead atoms. The number of alkyl halides is 3. The van der Waals surface area contributed by atoms with E-state index in [4.69, 9.17) is 4.74 Å². The third kappa shape index (κ3) is 4.28. The lowest BCUT2D eigenvalue weighted by Gasteiger charge is -2.38. The van der Waals surface area contributed by atoms with Crippen molar-refractivity contribution in [3.05, 3.63) is 59.2 Å². The normalized spacial score (nSPS) is 14.7. The molecular weight excluding hydrogens is 400 g/mol. The van der Waals surface area contributed by atoms with Crippen LogP contribution >= 0.6 is 0 Å². The van der Waals surface area contributed by atoms with E-state index < -0.39 is 35.9 Å². The predicted molar refractivity (Wildman–Crippen MR) is 106 cm³/mol. The van der Waals surface area contributed by atoms with Crippen LogP contribution in [0.3, 0.4) is 0 Å². The highest BCUT2D eigenvalue weighted by Gasteiger charge is 2.56. The van der Waals surface area contributed by atoms with Crippen LogP contribution in [0, 0.1) is 12.7 Å². The summed E-state index contributed by atoms with van der Waals surface area (Å²) < 4.78 is 60.9. The third-order valence-electron chi connectivity index (χ3n) is 5.42. The second-order valence-corrected chi connectivity index (χ2v) is 8.33. The molecule has 0 fully saturated rings. The Morgan fingerprint density at radius 2 is 1.83 bits per heavy atom. The van der Waals surface area contributed by atoms with Crippen LogP contribution < -0.4 is 4.74 Å². The number of aliphatic hydroxyl groups is 1. The van der Waals surface area contributed by atoms with Gasteiger partial charge in [0.15, 0.2) is 5.60 Å². The highest BCUT2D eigenvalue weighted by atomic mass is 19.4. The monoisotopic (exact) mass is 424 g/mol. The van der Waals surface area contributed by atoms with Gasteiger partial charge in [0.05, 0.1) is 12.6 Å². The summed E-state index contributed by atoms with van der Waals surface area (Å²) in [6.07, 6.45) is -4.71. The van der Waals surface area contributed by atoms with Crippen molar-refractivity contribution < 1.29 is 27.4 Å². The third-order valence-corrected chi connectivity index (χ3v) is 5.42. The van der Waals surface area contributed by atoms with Gasteiger partial charge in [-0.3, -0.25) is 0 Å².